The van der Waals surface area contributed by atoms with E-state index in [9.17, 15) is 18.8 Å². The summed E-state index contributed by atoms with van der Waals surface area (Å²) in [6.07, 6.45) is 0.00185. The minimum absolute atomic E-state index is 0.00185. The summed E-state index contributed by atoms with van der Waals surface area (Å²) in [5, 5.41) is 0. The maximum Gasteiger partial charge on any atom is 0.272 e. The van der Waals surface area contributed by atoms with Gasteiger partial charge in [-0.15, -0.1) is 0 Å². The fourth-order valence-electron chi connectivity index (χ4n) is 3.01. The first kappa shape index (κ1) is 19.3. The van der Waals surface area contributed by atoms with Crippen molar-refractivity contribution in [3.05, 3.63) is 59.9 Å². The minimum Gasteiger partial charge on any atom is -0.492 e. The first-order valence-electron chi connectivity index (χ1n) is 8.88. The molecule has 1 aliphatic rings. The maximum absolute atomic E-state index is 13.6. The van der Waals surface area contributed by atoms with E-state index in [2.05, 4.69) is 10.9 Å². The molecular formula is C20H20FN3O4. The smallest absolute Gasteiger partial charge is 0.272 e. The van der Waals surface area contributed by atoms with Gasteiger partial charge in [-0.05, 0) is 31.2 Å². The molecule has 0 bridgehead atoms. The van der Waals surface area contributed by atoms with Gasteiger partial charge in [-0.1, -0.05) is 24.3 Å². The quantitative estimate of drug-likeness (QED) is 0.771. The molecule has 0 radical (unpaired) electrons. The Morgan fingerprint density at radius 2 is 1.86 bits per heavy atom. The molecule has 8 heteroatoms. The zero-order chi connectivity index (χ0) is 20.1. The van der Waals surface area contributed by atoms with E-state index in [0.717, 1.165) is 6.07 Å². The number of rotatable bonds is 5. The number of ether oxygens (including phenoxy) is 1. The summed E-state index contributed by atoms with van der Waals surface area (Å²) >= 11 is 0. The number of halogens is 1. The molecule has 2 N–H and O–H groups in total. The summed E-state index contributed by atoms with van der Waals surface area (Å²) < 4.78 is 19.2. The van der Waals surface area contributed by atoms with E-state index >= 15 is 0 Å². The molecule has 3 amide bonds. The minimum atomic E-state index is -0.769. The van der Waals surface area contributed by atoms with Crippen LogP contribution in [0, 0.1) is 11.7 Å². The Kier molecular flexibility index (Phi) is 5.88. The molecule has 2 aromatic carbocycles. The van der Waals surface area contributed by atoms with E-state index in [4.69, 9.17) is 4.74 Å². The summed E-state index contributed by atoms with van der Waals surface area (Å²) in [5.41, 5.74) is 4.87. The van der Waals surface area contributed by atoms with Crippen LogP contribution in [0.25, 0.3) is 0 Å². The van der Waals surface area contributed by atoms with Crippen LogP contribution in [0.3, 0.4) is 0 Å². The van der Waals surface area contributed by atoms with Crippen LogP contribution in [0.2, 0.25) is 0 Å². The number of hydrazine groups is 1. The molecular weight excluding hydrogens is 365 g/mol. The van der Waals surface area contributed by atoms with Gasteiger partial charge < -0.3 is 9.64 Å². The van der Waals surface area contributed by atoms with Crippen molar-refractivity contribution >= 4 is 23.4 Å². The third-order valence-electron chi connectivity index (χ3n) is 4.37. The second kappa shape index (κ2) is 8.51. The van der Waals surface area contributed by atoms with E-state index in [1.54, 1.807) is 24.3 Å². The molecule has 0 spiro atoms. The Morgan fingerprint density at radius 1 is 1.14 bits per heavy atom. The summed E-state index contributed by atoms with van der Waals surface area (Å²) in [7, 11) is 0. The van der Waals surface area contributed by atoms with E-state index in [-0.39, 0.29) is 24.4 Å². The van der Waals surface area contributed by atoms with Crippen LogP contribution in [0.1, 0.15) is 23.7 Å². The number of nitrogens with one attached hydrogen (secondary N) is 2. The van der Waals surface area contributed by atoms with Crippen LogP contribution in [-0.4, -0.2) is 30.9 Å². The largest absolute Gasteiger partial charge is 0.492 e. The fraction of sp³-hybridized carbons (Fsp3) is 0.250. The van der Waals surface area contributed by atoms with E-state index in [0.29, 0.717) is 18.0 Å². The van der Waals surface area contributed by atoms with Gasteiger partial charge in [0.1, 0.15) is 11.6 Å². The zero-order valence-corrected chi connectivity index (χ0v) is 15.3. The molecule has 1 fully saturated rings. The first-order valence-corrected chi connectivity index (χ1v) is 8.88. The molecule has 146 valence electrons. The van der Waals surface area contributed by atoms with Crippen molar-refractivity contribution in [1.29, 1.82) is 0 Å². The number of benzene rings is 2. The van der Waals surface area contributed by atoms with Crippen molar-refractivity contribution in [2.45, 2.75) is 13.3 Å². The molecule has 1 saturated heterocycles. The van der Waals surface area contributed by atoms with Crippen molar-refractivity contribution in [3.8, 4) is 5.75 Å². The topological polar surface area (TPSA) is 87.7 Å². The van der Waals surface area contributed by atoms with Crippen LogP contribution in [0.15, 0.2) is 48.5 Å². The second-order valence-corrected chi connectivity index (χ2v) is 6.23. The van der Waals surface area contributed by atoms with Crippen molar-refractivity contribution < 1.29 is 23.5 Å². The van der Waals surface area contributed by atoms with E-state index in [1.807, 2.05) is 6.92 Å². The number of carbonyl (C=O) groups is 3. The summed E-state index contributed by atoms with van der Waals surface area (Å²) in [6, 6.07) is 12.5. The Hall–Kier alpha value is -3.42. The molecule has 1 aliphatic heterocycles. The van der Waals surface area contributed by atoms with Crippen molar-refractivity contribution in [3.63, 3.8) is 0 Å². The number of anilines is 1. The predicted molar refractivity (Wildman–Crippen MR) is 100 cm³/mol. The standard InChI is InChI=1S/C20H20FN3O4/c1-2-28-17-10-6-5-9-16(17)24-12-13(11-18(24)25)19(26)22-23-20(27)14-7-3-4-8-15(14)21/h3-10,13H,2,11-12H2,1H3,(H,22,26)(H,23,27)/t13-/m0/s1. The van der Waals surface area contributed by atoms with Gasteiger partial charge in [0.15, 0.2) is 0 Å². The molecule has 0 aliphatic carbocycles. The first-order chi connectivity index (χ1) is 13.5. The lowest BCUT2D eigenvalue weighted by Gasteiger charge is -2.20. The third kappa shape index (κ3) is 4.11. The van der Waals surface area contributed by atoms with Gasteiger partial charge in [-0.25, -0.2) is 4.39 Å². The number of hydrogen-bond donors (Lipinski definition) is 2. The molecule has 1 heterocycles. The van der Waals surface area contributed by atoms with Crippen LogP contribution in [0.5, 0.6) is 5.75 Å². The monoisotopic (exact) mass is 385 g/mol. The highest BCUT2D eigenvalue weighted by Crippen LogP contribution is 2.33. The number of para-hydroxylation sites is 2. The number of nitrogens with zero attached hydrogens (tertiary/aromatic N) is 1. The lowest BCUT2D eigenvalue weighted by atomic mass is 10.1. The predicted octanol–water partition coefficient (Wildman–Crippen LogP) is 2.04. The molecule has 0 saturated carbocycles. The molecule has 0 aromatic heterocycles. The molecule has 0 unspecified atom stereocenters. The van der Waals surface area contributed by atoms with E-state index in [1.165, 1.54) is 23.1 Å². The summed E-state index contributed by atoms with van der Waals surface area (Å²) in [5.74, 6) is -2.28. The normalized spacial score (nSPS) is 16.0. The van der Waals surface area contributed by atoms with Gasteiger partial charge >= 0.3 is 0 Å². The average molecular weight is 385 g/mol. The SMILES string of the molecule is CCOc1ccccc1N1C[C@@H](C(=O)NNC(=O)c2ccccc2F)CC1=O. The molecule has 3 rings (SSSR count). The molecule has 1 atom stereocenters. The van der Waals surface area contributed by atoms with Crippen LogP contribution < -0.4 is 20.5 Å². The van der Waals surface area contributed by atoms with Gasteiger partial charge in [-0.3, -0.25) is 25.2 Å². The van der Waals surface area contributed by atoms with Gasteiger partial charge in [-0.2, -0.15) is 0 Å². The highest BCUT2D eigenvalue weighted by atomic mass is 19.1. The lowest BCUT2D eigenvalue weighted by Crippen LogP contribution is -2.45. The lowest BCUT2D eigenvalue weighted by molar-refractivity contribution is -0.126. The van der Waals surface area contributed by atoms with Crippen LogP contribution >= 0.6 is 0 Å². The summed E-state index contributed by atoms with van der Waals surface area (Å²) in [6.45, 7) is 2.45. The highest BCUT2D eigenvalue weighted by Gasteiger charge is 2.36. The maximum atomic E-state index is 13.6. The Bertz CT molecular complexity index is 903. The number of amides is 3. The van der Waals surface area contributed by atoms with Gasteiger partial charge in [0, 0.05) is 13.0 Å². The Balaban J connectivity index is 1.63. The van der Waals surface area contributed by atoms with E-state index < -0.39 is 23.5 Å². The molecule has 28 heavy (non-hydrogen) atoms. The van der Waals surface area contributed by atoms with Crippen molar-refractivity contribution in [2.24, 2.45) is 5.92 Å². The number of hydrogen-bond acceptors (Lipinski definition) is 4. The Morgan fingerprint density at radius 3 is 2.61 bits per heavy atom. The van der Waals surface area contributed by atoms with Crippen LogP contribution in [0.4, 0.5) is 10.1 Å². The van der Waals surface area contributed by atoms with Crippen molar-refractivity contribution in [2.75, 3.05) is 18.1 Å². The highest BCUT2D eigenvalue weighted by molar-refractivity contribution is 6.02. The van der Waals surface area contributed by atoms with Crippen molar-refractivity contribution in [1.82, 2.24) is 10.9 Å². The van der Waals surface area contributed by atoms with Crippen LogP contribution in [-0.2, 0) is 9.59 Å². The Labute approximate surface area is 161 Å². The molecule has 7 nitrogen and oxygen atoms in total. The zero-order valence-electron chi connectivity index (χ0n) is 15.3. The average Bonchev–Trinajstić information content (AvgIpc) is 3.08. The fourth-order valence-corrected chi connectivity index (χ4v) is 3.01. The molecule has 2 aromatic rings. The van der Waals surface area contributed by atoms with Gasteiger partial charge in [0.05, 0.1) is 23.8 Å². The summed E-state index contributed by atoms with van der Waals surface area (Å²) in [4.78, 5) is 38.3. The third-order valence-corrected chi connectivity index (χ3v) is 4.37. The second-order valence-electron chi connectivity index (χ2n) is 6.23. The number of carbonyl (C=O) groups excluding carboxylic acids is 3. The van der Waals surface area contributed by atoms with Gasteiger partial charge in [0.25, 0.3) is 5.91 Å². The van der Waals surface area contributed by atoms with Gasteiger partial charge in [0.2, 0.25) is 11.8 Å².